The molecule has 2 nitrogen and oxygen atoms in total. The second kappa shape index (κ2) is 4.83. The number of rotatable bonds is 3. The largest absolute Gasteiger partial charge is 0.395 e. The van der Waals surface area contributed by atoms with Crippen molar-refractivity contribution in [2.45, 2.75) is 38.6 Å². The lowest BCUT2D eigenvalue weighted by Gasteiger charge is -2.35. The van der Waals surface area contributed by atoms with Gasteiger partial charge in [0.2, 0.25) is 0 Å². The molecule has 0 saturated heterocycles. The summed E-state index contributed by atoms with van der Waals surface area (Å²) in [6.07, 6.45) is 5.44. The Bertz CT molecular complexity index is 127. The lowest BCUT2D eigenvalue weighted by atomic mass is 9.85. The summed E-state index contributed by atoms with van der Waals surface area (Å²) < 4.78 is 0. The van der Waals surface area contributed by atoms with Crippen molar-refractivity contribution in [3.8, 4) is 0 Å². The smallest absolute Gasteiger partial charge is 0.0558 e. The van der Waals surface area contributed by atoms with Crippen LogP contribution in [0.3, 0.4) is 0 Å². The van der Waals surface area contributed by atoms with Crippen molar-refractivity contribution < 1.29 is 5.11 Å². The maximum absolute atomic E-state index is 8.81. The fourth-order valence-electron chi connectivity index (χ4n) is 2.28. The van der Waals surface area contributed by atoms with Gasteiger partial charge in [0.1, 0.15) is 0 Å². The van der Waals surface area contributed by atoms with Gasteiger partial charge in [-0.05, 0) is 25.8 Å². The molecule has 0 spiro atoms. The van der Waals surface area contributed by atoms with E-state index in [1.54, 1.807) is 0 Å². The average molecular weight is 171 g/mol. The van der Waals surface area contributed by atoms with Gasteiger partial charge in [-0.25, -0.2) is 0 Å². The van der Waals surface area contributed by atoms with Gasteiger partial charge in [0, 0.05) is 12.6 Å². The van der Waals surface area contributed by atoms with Crippen LogP contribution >= 0.6 is 0 Å². The first-order valence-electron chi connectivity index (χ1n) is 5.07. The van der Waals surface area contributed by atoms with E-state index in [4.69, 9.17) is 5.11 Å². The minimum absolute atomic E-state index is 0.291. The Morgan fingerprint density at radius 1 is 1.33 bits per heavy atom. The van der Waals surface area contributed by atoms with Gasteiger partial charge in [-0.15, -0.1) is 0 Å². The third-order valence-corrected chi connectivity index (χ3v) is 3.09. The van der Waals surface area contributed by atoms with Crippen LogP contribution in [0.1, 0.15) is 32.6 Å². The van der Waals surface area contributed by atoms with Crippen molar-refractivity contribution in [2.75, 3.05) is 20.2 Å². The lowest BCUT2D eigenvalue weighted by molar-refractivity contribution is 0.115. The minimum atomic E-state index is 0.291. The van der Waals surface area contributed by atoms with Gasteiger partial charge in [-0.2, -0.15) is 0 Å². The summed E-state index contributed by atoms with van der Waals surface area (Å²) in [6, 6.07) is 0.714. The predicted molar refractivity (Wildman–Crippen MR) is 51.1 cm³/mol. The van der Waals surface area contributed by atoms with Crippen LogP contribution in [-0.4, -0.2) is 36.2 Å². The molecule has 0 aliphatic heterocycles. The molecule has 2 atom stereocenters. The van der Waals surface area contributed by atoms with E-state index in [9.17, 15) is 0 Å². The van der Waals surface area contributed by atoms with Gasteiger partial charge in [0.15, 0.2) is 0 Å². The summed E-state index contributed by atoms with van der Waals surface area (Å²) in [6.45, 7) is 3.45. The molecule has 0 radical (unpaired) electrons. The quantitative estimate of drug-likeness (QED) is 0.695. The normalized spacial score (nSPS) is 31.0. The van der Waals surface area contributed by atoms with Crippen LogP contribution in [0.4, 0.5) is 0 Å². The van der Waals surface area contributed by atoms with Gasteiger partial charge in [-0.1, -0.05) is 19.8 Å². The van der Waals surface area contributed by atoms with Crippen LogP contribution < -0.4 is 0 Å². The van der Waals surface area contributed by atoms with E-state index in [0.29, 0.717) is 12.6 Å². The summed E-state index contributed by atoms with van der Waals surface area (Å²) in [4.78, 5) is 2.31. The molecule has 0 aromatic carbocycles. The highest BCUT2D eigenvalue weighted by molar-refractivity contribution is 4.78. The molecule has 1 aliphatic carbocycles. The zero-order chi connectivity index (χ0) is 8.97. The molecule has 1 rings (SSSR count). The molecule has 0 heterocycles. The second-order valence-electron chi connectivity index (χ2n) is 4.03. The third-order valence-electron chi connectivity index (χ3n) is 3.09. The van der Waals surface area contributed by atoms with Crippen LogP contribution in [0, 0.1) is 5.92 Å². The highest BCUT2D eigenvalue weighted by atomic mass is 16.3. The highest BCUT2D eigenvalue weighted by Gasteiger charge is 2.23. The topological polar surface area (TPSA) is 23.5 Å². The van der Waals surface area contributed by atoms with Crippen molar-refractivity contribution in [3.05, 3.63) is 0 Å². The summed E-state index contributed by atoms with van der Waals surface area (Å²) in [7, 11) is 2.13. The highest BCUT2D eigenvalue weighted by Crippen LogP contribution is 2.26. The standard InChI is InChI=1S/C10H21NO/c1-9-5-3-4-6-10(9)11(2)7-8-12/h9-10,12H,3-8H2,1-2H3. The molecule has 1 aliphatic rings. The SMILES string of the molecule is CC1CCCCC1N(C)CCO. The first-order valence-corrected chi connectivity index (χ1v) is 5.07. The monoisotopic (exact) mass is 171 g/mol. The van der Waals surface area contributed by atoms with Crippen LogP contribution in [0.2, 0.25) is 0 Å². The summed E-state index contributed by atoms with van der Waals surface area (Å²) >= 11 is 0. The Morgan fingerprint density at radius 2 is 2.00 bits per heavy atom. The van der Waals surface area contributed by atoms with Gasteiger partial charge in [0.25, 0.3) is 0 Å². The Labute approximate surface area is 75.6 Å². The lowest BCUT2D eigenvalue weighted by Crippen LogP contribution is -2.40. The average Bonchev–Trinajstić information content (AvgIpc) is 2.05. The molecule has 0 amide bonds. The number of likely N-dealkylation sites (N-methyl/N-ethyl adjacent to an activating group) is 1. The number of aliphatic hydroxyl groups is 1. The maximum Gasteiger partial charge on any atom is 0.0558 e. The van der Waals surface area contributed by atoms with Crippen molar-refractivity contribution in [3.63, 3.8) is 0 Å². The van der Waals surface area contributed by atoms with E-state index < -0.39 is 0 Å². The van der Waals surface area contributed by atoms with E-state index in [-0.39, 0.29) is 0 Å². The molecule has 2 heteroatoms. The number of hydrogen-bond acceptors (Lipinski definition) is 2. The van der Waals surface area contributed by atoms with Crippen LogP contribution in [0.15, 0.2) is 0 Å². The number of aliphatic hydroxyl groups excluding tert-OH is 1. The molecule has 0 aromatic rings. The molecule has 1 N–H and O–H groups in total. The van der Waals surface area contributed by atoms with Gasteiger partial charge < -0.3 is 10.0 Å². The summed E-state index contributed by atoms with van der Waals surface area (Å²) in [5.41, 5.74) is 0. The zero-order valence-electron chi connectivity index (χ0n) is 8.29. The van der Waals surface area contributed by atoms with Gasteiger partial charge in [-0.3, -0.25) is 0 Å². The third kappa shape index (κ3) is 2.46. The Morgan fingerprint density at radius 3 is 2.58 bits per heavy atom. The fourth-order valence-corrected chi connectivity index (χ4v) is 2.28. The van der Waals surface area contributed by atoms with E-state index in [1.807, 2.05) is 0 Å². The molecule has 12 heavy (non-hydrogen) atoms. The van der Waals surface area contributed by atoms with Crippen LogP contribution in [-0.2, 0) is 0 Å². The minimum Gasteiger partial charge on any atom is -0.395 e. The Balaban J connectivity index is 2.36. The Hall–Kier alpha value is -0.0800. The Kier molecular flexibility index (Phi) is 4.02. The summed E-state index contributed by atoms with van der Waals surface area (Å²) in [5.74, 6) is 0.815. The summed E-state index contributed by atoms with van der Waals surface area (Å²) in [5, 5.41) is 8.81. The molecular formula is C10H21NO. The van der Waals surface area contributed by atoms with Crippen molar-refractivity contribution in [1.29, 1.82) is 0 Å². The second-order valence-corrected chi connectivity index (χ2v) is 4.03. The van der Waals surface area contributed by atoms with Crippen LogP contribution in [0.5, 0.6) is 0 Å². The molecule has 1 saturated carbocycles. The van der Waals surface area contributed by atoms with Crippen LogP contribution in [0.25, 0.3) is 0 Å². The van der Waals surface area contributed by atoms with Gasteiger partial charge in [0.05, 0.1) is 6.61 Å². The van der Waals surface area contributed by atoms with E-state index in [1.165, 1.54) is 25.7 Å². The van der Waals surface area contributed by atoms with E-state index in [2.05, 4.69) is 18.9 Å². The zero-order valence-corrected chi connectivity index (χ0v) is 8.29. The fraction of sp³-hybridized carbons (Fsp3) is 1.00. The molecular weight excluding hydrogens is 150 g/mol. The molecule has 2 unspecified atom stereocenters. The van der Waals surface area contributed by atoms with E-state index >= 15 is 0 Å². The van der Waals surface area contributed by atoms with Crippen molar-refractivity contribution >= 4 is 0 Å². The number of hydrogen-bond donors (Lipinski definition) is 1. The maximum atomic E-state index is 8.81. The first kappa shape index (κ1) is 10.0. The predicted octanol–water partition coefficient (Wildman–Crippen LogP) is 1.49. The van der Waals surface area contributed by atoms with E-state index in [0.717, 1.165) is 12.5 Å². The molecule has 0 aromatic heterocycles. The van der Waals surface area contributed by atoms with Crippen molar-refractivity contribution in [1.82, 2.24) is 4.90 Å². The molecule has 0 bridgehead atoms. The number of nitrogens with zero attached hydrogens (tertiary/aromatic N) is 1. The van der Waals surface area contributed by atoms with Gasteiger partial charge >= 0.3 is 0 Å². The first-order chi connectivity index (χ1) is 5.75. The molecule has 72 valence electrons. The van der Waals surface area contributed by atoms with Crippen molar-refractivity contribution in [2.24, 2.45) is 5.92 Å². The molecule has 1 fully saturated rings.